The Bertz CT molecular complexity index is 1680. The SMILES string of the molecule is O=C(O)C(F)(F)F.O=C(c1cc(Cc2c[nH]c(=O)c3cc(Cl)c(Cl)n23)ccc1F)N1CCN(c2ccc(F)cc2)CC1. The van der Waals surface area contributed by atoms with Crippen LogP contribution in [-0.2, 0) is 11.2 Å². The van der Waals surface area contributed by atoms with Gasteiger partial charge in [0.15, 0.2) is 0 Å². The molecule has 0 aliphatic carbocycles. The molecule has 5 rings (SSSR count). The molecule has 0 radical (unpaired) electrons. The third-order valence-corrected chi connectivity index (χ3v) is 7.19. The third-order valence-electron chi connectivity index (χ3n) is 6.44. The fourth-order valence-electron chi connectivity index (χ4n) is 4.37. The standard InChI is InChI=1S/C25H20Cl2F2N4O2.C2HF3O2/c26-20-13-22-24(34)30-14-18(33(22)23(20)27)11-15-1-6-21(29)19(12-15)25(35)32-9-7-31(8-10-32)17-4-2-16(28)3-5-17;3-2(4,5)1(6)7/h1-6,12-14H,7-11H2,(H,30,34);(H,6,7). The number of aromatic amines is 1. The van der Waals surface area contributed by atoms with Gasteiger partial charge >= 0.3 is 12.1 Å². The number of hydrogen-bond donors (Lipinski definition) is 2. The van der Waals surface area contributed by atoms with Gasteiger partial charge in [-0.25, -0.2) is 13.6 Å². The number of carboxylic acids is 1. The largest absolute Gasteiger partial charge is 0.490 e. The van der Waals surface area contributed by atoms with Gasteiger partial charge in [0.2, 0.25) is 0 Å². The van der Waals surface area contributed by atoms with Crippen LogP contribution in [0.5, 0.6) is 0 Å². The van der Waals surface area contributed by atoms with Gasteiger partial charge < -0.3 is 19.9 Å². The van der Waals surface area contributed by atoms with Crippen LogP contribution in [0.1, 0.15) is 21.6 Å². The van der Waals surface area contributed by atoms with E-state index in [1.54, 1.807) is 27.5 Å². The van der Waals surface area contributed by atoms with Crippen LogP contribution in [0.4, 0.5) is 27.6 Å². The molecule has 0 unspecified atom stereocenters. The van der Waals surface area contributed by atoms with E-state index in [1.807, 2.05) is 0 Å². The van der Waals surface area contributed by atoms with E-state index in [0.29, 0.717) is 43.0 Å². The fraction of sp³-hybridized carbons (Fsp3) is 0.222. The normalized spacial score (nSPS) is 13.6. The summed E-state index contributed by atoms with van der Waals surface area (Å²) in [6.07, 6.45) is -3.27. The Labute approximate surface area is 244 Å². The fourth-order valence-corrected chi connectivity index (χ4v) is 4.81. The van der Waals surface area contributed by atoms with Gasteiger partial charge in [0, 0.05) is 50.2 Å². The lowest BCUT2D eigenvalue weighted by molar-refractivity contribution is -0.192. The van der Waals surface area contributed by atoms with Gasteiger partial charge in [-0.2, -0.15) is 13.2 Å². The summed E-state index contributed by atoms with van der Waals surface area (Å²) in [6.45, 7) is 1.94. The summed E-state index contributed by atoms with van der Waals surface area (Å²) in [5.41, 5.74) is 2.13. The van der Waals surface area contributed by atoms with Crippen LogP contribution < -0.4 is 10.5 Å². The molecule has 2 aromatic heterocycles. The number of aliphatic carboxylic acids is 1. The molecule has 2 aromatic carbocycles. The van der Waals surface area contributed by atoms with E-state index in [-0.39, 0.29) is 33.5 Å². The van der Waals surface area contributed by atoms with Gasteiger partial charge in [0.05, 0.1) is 10.6 Å². The summed E-state index contributed by atoms with van der Waals surface area (Å²) >= 11 is 12.4. The predicted octanol–water partition coefficient (Wildman–Crippen LogP) is 5.40. The maximum atomic E-state index is 14.7. The molecule has 0 spiro atoms. The number of anilines is 1. The van der Waals surface area contributed by atoms with E-state index in [1.165, 1.54) is 36.5 Å². The summed E-state index contributed by atoms with van der Waals surface area (Å²) in [5, 5.41) is 7.58. The Morgan fingerprint density at radius 2 is 1.57 bits per heavy atom. The number of fused-ring (bicyclic) bond motifs is 1. The van der Waals surface area contributed by atoms with Crippen molar-refractivity contribution in [3.05, 3.63) is 104 Å². The molecule has 15 heteroatoms. The average molecular weight is 631 g/mol. The van der Waals surface area contributed by atoms with Gasteiger partial charge in [0.25, 0.3) is 11.5 Å². The first-order valence-electron chi connectivity index (χ1n) is 12.2. The topological polar surface area (TPSA) is 98.1 Å². The van der Waals surface area contributed by atoms with E-state index >= 15 is 0 Å². The monoisotopic (exact) mass is 630 g/mol. The maximum absolute atomic E-state index is 14.7. The highest BCUT2D eigenvalue weighted by Crippen LogP contribution is 2.27. The molecule has 0 saturated carbocycles. The Balaban J connectivity index is 0.000000517. The number of carbonyl (C=O) groups is 2. The quantitative estimate of drug-likeness (QED) is 0.294. The Morgan fingerprint density at radius 3 is 2.17 bits per heavy atom. The number of carboxylic acid groups (broad SMARTS) is 1. The van der Waals surface area contributed by atoms with Crippen LogP contribution in [0.25, 0.3) is 5.52 Å². The van der Waals surface area contributed by atoms with Crippen LogP contribution >= 0.6 is 23.2 Å². The second-order valence-electron chi connectivity index (χ2n) is 9.16. The second kappa shape index (κ2) is 12.4. The minimum Gasteiger partial charge on any atom is -0.475 e. The lowest BCUT2D eigenvalue weighted by Crippen LogP contribution is -2.49. The molecule has 4 aromatic rings. The zero-order valence-corrected chi connectivity index (χ0v) is 22.9. The first-order chi connectivity index (χ1) is 19.8. The molecule has 1 aliphatic rings. The van der Waals surface area contributed by atoms with Crippen LogP contribution in [0.15, 0.2) is 59.5 Å². The van der Waals surface area contributed by atoms with E-state index < -0.39 is 23.9 Å². The molecular formula is C27H21Cl2F5N4O4. The number of alkyl halides is 3. The molecule has 2 N–H and O–H groups in total. The minimum absolute atomic E-state index is 0.0185. The Kier molecular flexibility index (Phi) is 9.12. The number of halogens is 7. The first-order valence-corrected chi connectivity index (χ1v) is 13.0. The van der Waals surface area contributed by atoms with Crippen molar-refractivity contribution in [3.63, 3.8) is 0 Å². The zero-order valence-electron chi connectivity index (χ0n) is 21.4. The summed E-state index contributed by atoms with van der Waals surface area (Å²) in [7, 11) is 0. The smallest absolute Gasteiger partial charge is 0.475 e. The Hall–Kier alpha value is -4.10. The van der Waals surface area contributed by atoms with Crippen molar-refractivity contribution >= 4 is 46.3 Å². The van der Waals surface area contributed by atoms with Crippen LogP contribution in [-0.4, -0.2) is 63.6 Å². The number of carbonyl (C=O) groups excluding carboxylic acids is 1. The first kappa shape index (κ1) is 30.8. The van der Waals surface area contributed by atoms with Crippen molar-refractivity contribution in [2.75, 3.05) is 31.1 Å². The summed E-state index contributed by atoms with van der Waals surface area (Å²) in [6, 6.07) is 12.1. The number of nitrogens with one attached hydrogen (secondary N) is 1. The molecule has 8 nitrogen and oxygen atoms in total. The number of aromatic nitrogens is 2. The maximum Gasteiger partial charge on any atom is 0.490 e. The van der Waals surface area contributed by atoms with Gasteiger partial charge in [-0.3, -0.25) is 14.0 Å². The van der Waals surface area contributed by atoms with Crippen molar-refractivity contribution in [3.8, 4) is 0 Å². The minimum atomic E-state index is -5.08. The van der Waals surface area contributed by atoms with E-state index in [9.17, 15) is 31.5 Å². The van der Waals surface area contributed by atoms with Gasteiger partial charge in [-0.05, 0) is 48.0 Å². The average Bonchev–Trinajstić information content (AvgIpc) is 3.26. The second-order valence-corrected chi connectivity index (χ2v) is 9.93. The molecule has 1 fully saturated rings. The molecular weight excluding hydrogens is 610 g/mol. The molecule has 0 bridgehead atoms. The van der Waals surface area contributed by atoms with Crippen molar-refractivity contribution in [2.45, 2.75) is 12.6 Å². The number of amides is 1. The predicted molar refractivity (Wildman–Crippen MR) is 145 cm³/mol. The van der Waals surface area contributed by atoms with Gasteiger partial charge in [-0.15, -0.1) is 0 Å². The highest BCUT2D eigenvalue weighted by molar-refractivity contribution is 6.42. The summed E-state index contributed by atoms with van der Waals surface area (Å²) in [4.78, 5) is 40.5. The molecule has 1 saturated heterocycles. The molecule has 0 atom stereocenters. The number of hydrogen-bond acceptors (Lipinski definition) is 4. The molecule has 1 amide bonds. The van der Waals surface area contributed by atoms with Crippen molar-refractivity contribution in [1.82, 2.24) is 14.3 Å². The van der Waals surface area contributed by atoms with Gasteiger partial charge in [0.1, 0.15) is 22.3 Å². The van der Waals surface area contributed by atoms with Crippen LogP contribution in [0.2, 0.25) is 10.2 Å². The van der Waals surface area contributed by atoms with Crippen LogP contribution in [0.3, 0.4) is 0 Å². The number of H-pyrrole nitrogens is 1. The van der Waals surface area contributed by atoms with E-state index in [4.69, 9.17) is 33.1 Å². The zero-order chi connectivity index (χ0) is 30.8. The van der Waals surface area contributed by atoms with Crippen molar-refractivity contribution < 1.29 is 36.6 Å². The Morgan fingerprint density at radius 1 is 0.952 bits per heavy atom. The number of benzene rings is 2. The molecule has 3 heterocycles. The van der Waals surface area contributed by atoms with Crippen molar-refractivity contribution in [2.24, 2.45) is 0 Å². The van der Waals surface area contributed by atoms with Gasteiger partial charge in [-0.1, -0.05) is 29.3 Å². The molecule has 1 aliphatic heterocycles. The van der Waals surface area contributed by atoms with Crippen molar-refractivity contribution in [1.29, 1.82) is 0 Å². The van der Waals surface area contributed by atoms with E-state index in [2.05, 4.69) is 9.88 Å². The highest BCUT2D eigenvalue weighted by atomic mass is 35.5. The summed E-state index contributed by atoms with van der Waals surface area (Å²) in [5.74, 6) is -4.06. The van der Waals surface area contributed by atoms with E-state index in [0.717, 1.165) is 5.69 Å². The molecule has 42 heavy (non-hydrogen) atoms. The van der Waals surface area contributed by atoms with Crippen LogP contribution in [0, 0.1) is 11.6 Å². The lowest BCUT2D eigenvalue weighted by atomic mass is 10.0. The number of rotatable bonds is 4. The number of piperazine rings is 1. The number of nitrogens with zero attached hydrogens (tertiary/aromatic N) is 3. The highest BCUT2D eigenvalue weighted by Gasteiger charge is 2.38. The molecule has 222 valence electrons. The third kappa shape index (κ3) is 6.85. The lowest BCUT2D eigenvalue weighted by Gasteiger charge is -2.36. The summed E-state index contributed by atoms with van der Waals surface area (Å²) < 4.78 is 61.2.